The summed E-state index contributed by atoms with van der Waals surface area (Å²) in [5, 5.41) is 2.85. The molecule has 0 aliphatic carbocycles. The molecular formula is C23H31FN2O4S. The number of benzene rings is 2. The number of nitrogens with zero attached hydrogens (tertiary/aromatic N) is 1. The van der Waals surface area contributed by atoms with Crippen LogP contribution in [-0.2, 0) is 21.2 Å². The van der Waals surface area contributed by atoms with Crippen molar-refractivity contribution in [2.75, 3.05) is 23.7 Å². The first-order valence-corrected chi connectivity index (χ1v) is 12.3. The van der Waals surface area contributed by atoms with Gasteiger partial charge in [-0.3, -0.25) is 9.10 Å². The van der Waals surface area contributed by atoms with E-state index in [4.69, 9.17) is 4.74 Å². The third-order valence-corrected chi connectivity index (χ3v) is 5.70. The van der Waals surface area contributed by atoms with Gasteiger partial charge in [-0.05, 0) is 62.9 Å². The van der Waals surface area contributed by atoms with E-state index in [9.17, 15) is 17.6 Å². The second-order valence-electron chi connectivity index (χ2n) is 7.66. The zero-order valence-corrected chi connectivity index (χ0v) is 19.1. The highest BCUT2D eigenvalue weighted by Gasteiger charge is 2.20. The molecule has 1 N–H and O–H groups in total. The summed E-state index contributed by atoms with van der Waals surface area (Å²) >= 11 is 0. The lowest BCUT2D eigenvalue weighted by molar-refractivity contribution is -0.121. The summed E-state index contributed by atoms with van der Waals surface area (Å²) in [7, 11) is -3.65. The van der Waals surface area contributed by atoms with Crippen molar-refractivity contribution in [1.82, 2.24) is 5.32 Å². The number of halogens is 1. The lowest BCUT2D eigenvalue weighted by Gasteiger charge is -2.22. The maximum atomic E-state index is 14.0. The number of nitrogens with one attached hydrogen (secondary N) is 1. The molecule has 0 unspecified atom stereocenters. The first kappa shape index (κ1) is 24.7. The topological polar surface area (TPSA) is 75.7 Å². The molecule has 0 saturated carbocycles. The van der Waals surface area contributed by atoms with Crippen molar-refractivity contribution in [3.8, 4) is 5.75 Å². The third kappa shape index (κ3) is 8.57. The van der Waals surface area contributed by atoms with E-state index in [0.29, 0.717) is 13.0 Å². The number of anilines is 1. The number of para-hydroxylation sites is 1. The summed E-state index contributed by atoms with van der Waals surface area (Å²) in [6.07, 6.45) is 3.19. The van der Waals surface area contributed by atoms with Crippen molar-refractivity contribution in [2.24, 2.45) is 0 Å². The lowest BCUT2D eigenvalue weighted by atomic mass is 10.1. The van der Waals surface area contributed by atoms with Gasteiger partial charge in [0.2, 0.25) is 15.9 Å². The van der Waals surface area contributed by atoms with Crippen LogP contribution in [0.5, 0.6) is 5.75 Å². The Kier molecular flexibility index (Phi) is 9.30. The van der Waals surface area contributed by atoms with E-state index >= 15 is 0 Å². The van der Waals surface area contributed by atoms with Crippen LogP contribution in [0.4, 0.5) is 10.1 Å². The number of amides is 1. The summed E-state index contributed by atoms with van der Waals surface area (Å²) in [6, 6.07) is 13.6. The molecule has 0 radical (unpaired) electrons. The second kappa shape index (κ2) is 11.7. The minimum atomic E-state index is -3.65. The van der Waals surface area contributed by atoms with Crippen LogP contribution >= 0.6 is 0 Å². The maximum absolute atomic E-state index is 14.0. The molecule has 6 nitrogen and oxygen atoms in total. The summed E-state index contributed by atoms with van der Waals surface area (Å²) < 4.78 is 44.8. The number of rotatable bonds is 12. The van der Waals surface area contributed by atoms with Crippen molar-refractivity contribution >= 4 is 21.6 Å². The summed E-state index contributed by atoms with van der Waals surface area (Å²) in [5.41, 5.74) is 1.13. The maximum Gasteiger partial charge on any atom is 0.232 e. The molecule has 2 aromatic rings. The number of ether oxygens (including phenoxy) is 1. The third-order valence-electron chi connectivity index (χ3n) is 4.52. The molecule has 8 heteroatoms. The molecule has 0 heterocycles. The van der Waals surface area contributed by atoms with Crippen LogP contribution in [0.25, 0.3) is 0 Å². The molecule has 2 rings (SSSR count). The zero-order valence-electron chi connectivity index (χ0n) is 18.3. The zero-order chi connectivity index (χ0) is 22.9. The monoisotopic (exact) mass is 450 g/mol. The van der Waals surface area contributed by atoms with Crippen LogP contribution < -0.4 is 14.4 Å². The fourth-order valence-electron chi connectivity index (χ4n) is 3.16. The predicted octanol–water partition coefficient (Wildman–Crippen LogP) is 3.91. The van der Waals surface area contributed by atoms with Gasteiger partial charge < -0.3 is 10.1 Å². The van der Waals surface area contributed by atoms with Gasteiger partial charge in [-0.1, -0.05) is 24.3 Å². The molecule has 2 aromatic carbocycles. The van der Waals surface area contributed by atoms with Crippen LogP contribution in [0.1, 0.15) is 38.7 Å². The first-order chi connectivity index (χ1) is 14.7. The van der Waals surface area contributed by atoms with E-state index in [1.165, 1.54) is 18.2 Å². The molecule has 1 amide bonds. The molecular weight excluding hydrogens is 419 g/mol. The Morgan fingerprint density at radius 1 is 1.13 bits per heavy atom. The van der Waals surface area contributed by atoms with E-state index in [0.717, 1.165) is 34.7 Å². The lowest BCUT2D eigenvalue weighted by Crippen LogP contribution is -2.33. The highest BCUT2D eigenvalue weighted by molar-refractivity contribution is 7.92. The van der Waals surface area contributed by atoms with Crippen LogP contribution in [0.15, 0.2) is 48.5 Å². The summed E-state index contributed by atoms with van der Waals surface area (Å²) in [4.78, 5) is 12.1. The standard InChI is InChI=1S/C23H31FN2O4S/c1-18(2)30-20-11-6-9-19(17-20)10-7-15-25-23(27)14-8-16-26(31(3,28)29)22-13-5-4-12-21(22)24/h4-6,9,11-13,17-18H,7-8,10,14-16H2,1-3H3,(H,25,27). The fraction of sp³-hybridized carbons (Fsp3) is 0.435. The number of carbonyl (C=O) groups is 1. The van der Waals surface area contributed by atoms with Crippen LogP contribution in [0.3, 0.4) is 0 Å². The number of hydrogen-bond donors (Lipinski definition) is 1. The Morgan fingerprint density at radius 3 is 2.55 bits per heavy atom. The highest BCUT2D eigenvalue weighted by Crippen LogP contribution is 2.22. The Balaban J connectivity index is 1.75. The Bertz CT molecular complexity index is 964. The average Bonchev–Trinajstić information content (AvgIpc) is 2.68. The van der Waals surface area contributed by atoms with Crippen LogP contribution in [0.2, 0.25) is 0 Å². The SMILES string of the molecule is CC(C)Oc1cccc(CCCNC(=O)CCCN(c2ccccc2F)S(C)(=O)=O)c1. The normalized spacial score (nSPS) is 11.4. The van der Waals surface area contributed by atoms with E-state index in [-0.39, 0.29) is 30.7 Å². The molecule has 31 heavy (non-hydrogen) atoms. The molecule has 0 saturated heterocycles. The van der Waals surface area contributed by atoms with Gasteiger partial charge >= 0.3 is 0 Å². The quantitative estimate of drug-likeness (QED) is 0.498. The highest BCUT2D eigenvalue weighted by atomic mass is 32.2. The Hall–Kier alpha value is -2.61. The molecule has 0 spiro atoms. The molecule has 0 atom stereocenters. The molecule has 0 aliphatic rings. The van der Waals surface area contributed by atoms with E-state index in [2.05, 4.69) is 5.32 Å². The van der Waals surface area contributed by atoms with Crippen molar-refractivity contribution in [1.29, 1.82) is 0 Å². The molecule has 0 aromatic heterocycles. The average molecular weight is 451 g/mol. The van der Waals surface area contributed by atoms with Crippen molar-refractivity contribution < 1.29 is 22.3 Å². The van der Waals surface area contributed by atoms with Gasteiger partial charge in [0.25, 0.3) is 0 Å². The van der Waals surface area contributed by atoms with Gasteiger partial charge in [-0.2, -0.15) is 0 Å². The molecule has 170 valence electrons. The minimum absolute atomic E-state index is 0.00548. The first-order valence-electron chi connectivity index (χ1n) is 10.4. The van der Waals surface area contributed by atoms with Crippen molar-refractivity contribution in [3.05, 3.63) is 59.9 Å². The van der Waals surface area contributed by atoms with E-state index in [1.807, 2.05) is 38.1 Å². The predicted molar refractivity (Wildman–Crippen MR) is 121 cm³/mol. The van der Waals surface area contributed by atoms with Gasteiger partial charge in [0.1, 0.15) is 11.6 Å². The fourth-order valence-corrected chi connectivity index (χ4v) is 4.12. The minimum Gasteiger partial charge on any atom is -0.491 e. The smallest absolute Gasteiger partial charge is 0.232 e. The number of carbonyl (C=O) groups excluding carboxylic acids is 1. The van der Waals surface area contributed by atoms with E-state index < -0.39 is 15.8 Å². The van der Waals surface area contributed by atoms with Crippen LogP contribution in [-0.4, -0.2) is 39.8 Å². The number of hydrogen-bond acceptors (Lipinski definition) is 4. The van der Waals surface area contributed by atoms with Gasteiger partial charge in [0.15, 0.2) is 0 Å². The second-order valence-corrected chi connectivity index (χ2v) is 9.56. The molecule has 0 bridgehead atoms. The van der Waals surface area contributed by atoms with Gasteiger partial charge in [0.05, 0.1) is 18.0 Å². The number of aryl methyl sites for hydroxylation is 1. The Morgan fingerprint density at radius 2 is 1.87 bits per heavy atom. The van der Waals surface area contributed by atoms with Crippen molar-refractivity contribution in [2.45, 2.75) is 45.6 Å². The summed E-state index contributed by atoms with van der Waals surface area (Å²) in [5.74, 6) is 0.0703. The van der Waals surface area contributed by atoms with Crippen molar-refractivity contribution in [3.63, 3.8) is 0 Å². The van der Waals surface area contributed by atoms with Gasteiger partial charge in [-0.25, -0.2) is 12.8 Å². The molecule has 0 fully saturated rings. The number of sulfonamides is 1. The van der Waals surface area contributed by atoms with Gasteiger partial charge in [0, 0.05) is 19.5 Å². The Labute approximate surface area is 184 Å². The molecule has 0 aliphatic heterocycles. The summed E-state index contributed by atoms with van der Waals surface area (Å²) in [6.45, 7) is 4.52. The van der Waals surface area contributed by atoms with E-state index in [1.54, 1.807) is 6.07 Å². The van der Waals surface area contributed by atoms with Crippen LogP contribution in [0, 0.1) is 5.82 Å². The largest absolute Gasteiger partial charge is 0.491 e. The van der Waals surface area contributed by atoms with Gasteiger partial charge in [-0.15, -0.1) is 0 Å².